The predicted molar refractivity (Wildman–Crippen MR) is 48.1 cm³/mol. The molecule has 1 aliphatic rings. The molecule has 0 aromatic heterocycles. The molecule has 0 aromatic carbocycles. The third-order valence-corrected chi connectivity index (χ3v) is 2.39. The minimum atomic E-state index is 0.353. The van der Waals surface area contributed by atoms with Gasteiger partial charge in [-0.1, -0.05) is 39.5 Å². The molecule has 2 nitrogen and oxygen atoms in total. The van der Waals surface area contributed by atoms with Crippen LogP contribution in [-0.2, 0) is 0 Å². The lowest BCUT2D eigenvalue weighted by Gasteiger charge is -2.09. The average molecular weight is 156 g/mol. The van der Waals surface area contributed by atoms with Gasteiger partial charge in [0.05, 0.1) is 5.66 Å². The summed E-state index contributed by atoms with van der Waals surface area (Å²) in [5, 5.41) is 0. The van der Waals surface area contributed by atoms with Crippen LogP contribution in [0.2, 0.25) is 0 Å². The molecule has 2 heteroatoms. The van der Waals surface area contributed by atoms with Crippen molar-refractivity contribution in [1.29, 1.82) is 0 Å². The Morgan fingerprint density at radius 2 is 1.36 bits per heavy atom. The van der Waals surface area contributed by atoms with Gasteiger partial charge >= 0.3 is 0 Å². The van der Waals surface area contributed by atoms with E-state index in [-0.39, 0.29) is 0 Å². The Labute approximate surface area is 69.7 Å². The molecule has 0 radical (unpaired) electrons. The Kier molecular flexibility index (Phi) is 3.34. The van der Waals surface area contributed by atoms with E-state index in [0.717, 1.165) is 0 Å². The Morgan fingerprint density at radius 3 is 1.64 bits per heavy atom. The SMILES string of the molecule is CCCCC1(CCCC)NN1. The first-order valence-corrected chi connectivity index (χ1v) is 4.87. The first kappa shape index (κ1) is 9.01. The minimum Gasteiger partial charge on any atom is -0.235 e. The molecule has 0 spiro atoms. The highest BCUT2D eigenvalue weighted by Crippen LogP contribution is 2.24. The lowest BCUT2D eigenvalue weighted by Crippen LogP contribution is -2.16. The number of rotatable bonds is 6. The standard InChI is InChI=1S/C9H20N2/c1-3-5-7-9(10-11-9)8-6-4-2/h10-11H,3-8H2,1-2H3. The van der Waals surface area contributed by atoms with Crippen molar-refractivity contribution in [3.05, 3.63) is 0 Å². The van der Waals surface area contributed by atoms with Gasteiger partial charge in [0.1, 0.15) is 0 Å². The highest BCUT2D eigenvalue weighted by atomic mass is 15.7. The van der Waals surface area contributed by atoms with E-state index in [9.17, 15) is 0 Å². The van der Waals surface area contributed by atoms with Crippen molar-refractivity contribution in [2.45, 2.75) is 58.0 Å². The summed E-state index contributed by atoms with van der Waals surface area (Å²) < 4.78 is 0. The Balaban J connectivity index is 2.08. The monoisotopic (exact) mass is 156 g/mol. The molecule has 1 saturated heterocycles. The van der Waals surface area contributed by atoms with Gasteiger partial charge in [0, 0.05) is 0 Å². The minimum absolute atomic E-state index is 0.353. The van der Waals surface area contributed by atoms with E-state index in [1.165, 1.54) is 38.5 Å². The van der Waals surface area contributed by atoms with Crippen LogP contribution in [-0.4, -0.2) is 5.66 Å². The van der Waals surface area contributed by atoms with E-state index in [4.69, 9.17) is 0 Å². The van der Waals surface area contributed by atoms with E-state index in [1.54, 1.807) is 0 Å². The average Bonchev–Trinajstić information content (AvgIpc) is 2.79. The molecule has 11 heavy (non-hydrogen) atoms. The molecule has 1 heterocycles. The summed E-state index contributed by atoms with van der Waals surface area (Å²) in [5.74, 6) is 0. The second-order valence-electron chi connectivity index (χ2n) is 3.54. The van der Waals surface area contributed by atoms with Crippen molar-refractivity contribution in [3.63, 3.8) is 0 Å². The number of hydrogen-bond donors (Lipinski definition) is 2. The zero-order valence-electron chi connectivity index (χ0n) is 7.74. The maximum atomic E-state index is 3.27. The number of unbranched alkanes of at least 4 members (excludes halogenated alkanes) is 2. The summed E-state index contributed by atoms with van der Waals surface area (Å²) >= 11 is 0. The number of hydrogen-bond acceptors (Lipinski definition) is 2. The third-order valence-electron chi connectivity index (χ3n) is 2.39. The molecule has 0 aromatic rings. The van der Waals surface area contributed by atoms with Crippen LogP contribution in [0.5, 0.6) is 0 Å². The summed E-state index contributed by atoms with van der Waals surface area (Å²) in [6, 6.07) is 0. The van der Waals surface area contributed by atoms with E-state index < -0.39 is 0 Å². The van der Waals surface area contributed by atoms with E-state index in [2.05, 4.69) is 24.7 Å². The molecule has 1 rings (SSSR count). The Bertz CT molecular complexity index is 98.1. The molecule has 66 valence electrons. The molecule has 0 aliphatic carbocycles. The van der Waals surface area contributed by atoms with Crippen LogP contribution in [0, 0.1) is 0 Å². The molecule has 0 saturated carbocycles. The fraction of sp³-hybridized carbons (Fsp3) is 1.00. The molecule has 0 unspecified atom stereocenters. The summed E-state index contributed by atoms with van der Waals surface area (Å²) in [7, 11) is 0. The Morgan fingerprint density at radius 1 is 0.909 bits per heavy atom. The lowest BCUT2D eigenvalue weighted by atomic mass is 10.0. The number of hydrazine groups is 1. The first-order valence-electron chi connectivity index (χ1n) is 4.87. The maximum Gasteiger partial charge on any atom is 0.0943 e. The van der Waals surface area contributed by atoms with Crippen LogP contribution in [0.25, 0.3) is 0 Å². The van der Waals surface area contributed by atoms with E-state index >= 15 is 0 Å². The van der Waals surface area contributed by atoms with Crippen LogP contribution < -0.4 is 10.9 Å². The normalized spacial score (nSPS) is 20.2. The molecule has 1 aliphatic heterocycles. The molecular weight excluding hydrogens is 136 g/mol. The summed E-state index contributed by atoms with van der Waals surface area (Å²) in [4.78, 5) is 0. The quantitative estimate of drug-likeness (QED) is 0.579. The third kappa shape index (κ3) is 2.80. The van der Waals surface area contributed by atoms with Crippen LogP contribution in [0.4, 0.5) is 0 Å². The van der Waals surface area contributed by atoms with Crippen LogP contribution in [0.1, 0.15) is 52.4 Å². The number of nitrogens with one attached hydrogen (secondary N) is 2. The van der Waals surface area contributed by atoms with Gasteiger partial charge in [0.25, 0.3) is 0 Å². The van der Waals surface area contributed by atoms with Crippen LogP contribution >= 0.6 is 0 Å². The van der Waals surface area contributed by atoms with Gasteiger partial charge in [-0.05, 0) is 12.8 Å². The molecule has 0 bridgehead atoms. The van der Waals surface area contributed by atoms with Crippen molar-refractivity contribution < 1.29 is 0 Å². The van der Waals surface area contributed by atoms with Crippen LogP contribution in [0.3, 0.4) is 0 Å². The lowest BCUT2D eigenvalue weighted by molar-refractivity contribution is 0.470. The van der Waals surface area contributed by atoms with Gasteiger partial charge < -0.3 is 0 Å². The zero-order chi connectivity index (χ0) is 8.16. The van der Waals surface area contributed by atoms with Crippen molar-refractivity contribution in [3.8, 4) is 0 Å². The topological polar surface area (TPSA) is 43.9 Å². The highest BCUT2D eigenvalue weighted by Gasteiger charge is 2.39. The van der Waals surface area contributed by atoms with Gasteiger partial charge in [0.15, 0.2) is 0 Å². The van der Waals surface area contributed by atoms with Crippen molar-refractivity contribution in [1.82, 2.24) is 10.9 Å². The van der Waals surface area contributed by atoms with Crippen molar-refractivity contribution >= 4 is 0 Å². The Hall–Kier alpha value is -0.0800. The van der Waals surface area contributed by atoms with E-state index in [0.29, 0.717) is 5.66 Å². The summed E-state index contributed by atoms with van der Waals surface area (Å²) in [5.41, 5.74) is 6.89. The fourth-order valence-electron chi connectivity index (χ4n) is 1.42. The molecule has 1 fully saturated rings. The molecule has 0 amide bonds. The zero-order valence-corrected chi connectivity index (χ0v) is 7.74. The highest BCUT2D eigenvalue weighted by molar-refractivity contribution is 4.93. The second-order valence-corrected chi connectivity index (χ2v) is 3.54. The van der Waals surface area contributed by atoms with Gasteiger partial charge in [0.2, 0.25) is 0 Å². The van der Waals surface area contributed by atoms with Gasteiger partial charge in [-0.25, -0.2) is 10.9 Å². The van der Waals surface area contributed by atoms with Gasteiger partial charge in [-0.3, -0.25) is 0 Å². The first-order chi connectivity index (χ1) is 5.33. The fourth-order valence-corrected chi connectivity index (χ4v) is 1.42. The predicted octanol–water partition coefficient (Wildman–Crippen LogP) is 2.17. The van der Waals surface area contributed by atoms with Gasteiger partial charge in [-0.15, -0.1) is 0 Å². The van der Waals surface area contributed by atoms with Crippen molar-refractivity contribution in [2.75, 3.05) is 0 Å². The second kappa shape index (κ2) is 4.07. The van der Waals surface area contributed by atoms with E-state index in [1.807, 2.05) is 0 Å². The van der Waals surface area contributed by atoms with Crippen LogP contribution in [0.15, 0.2) is 0 Å². The maximum absolute atomic E-state index is 3.27. The molecule has 0 atom stereocenters. The molecular formula is C9H20N2. The van der Waals surface area contributed by atoms with Gasteiger partial charge in [-0.2, -0.15) is 0 Å². The van der Waals surface area contributed by atoms with Crippen molar-refractivity contribution in [2.24, 2.45) is 0 Å². The largest absolute Gasteiger partial charge is 0.235 e. The summed E-state index contributed by atoms with van der Waals surface area (Å²) in [6.07, 6.45) is 7.87. The smallest absolute Gasteiger partial charge is 0.0943 e. The molecule has 2 N–H and O–H groups in total. The summed E-state index contributed by atoms with van der Waals surface area (Å²) in [6.45, 7) is 4.49.